The molecule has 0 fully saturated rings. The molecule has 0 aliphatic carbocycles. The summed E-state index contributed by atoms with van der Waals surface area (Å²) in [6.07, 6.45) is 0. The molecule has 0 bridgehead atoms. The van der Waals surface area contributed by atoms with E-state index in [1.807, 2.05) is 0 Å². The fraction of sp³-hybridized carbons (Fsp3) is 1.00. The topological polar surface area (TPSA) is 320 Å². The molecule has 1 radical (unpaired) electrons. The molecule has 0 saturated heterocycles. The fourth-order valence-corrected chi connectivity index (χ4v) is 0. The van der Waals surface area contributed by atoms with Crippen molar-refractivity contribution in [2.24, 2.45) is 0 Å². The van der Waals surface area contributed by atoms with E-state index in [1.165, 1.54) is 0 Å². The van der Waals surface area contributed by atoms with E-state index in [1.54, 1.807) is 14.1 Å². The molecule has 0 aromatic heterocycles. The van der Waals surface area contributed by atoms with Crippen molar-refractivity contribution in [3.05, 3.63) is 61.3 Å². The van der Waals surface area contributed by atoms with Crippen LogP contribution in [0, 0.1) is 61.3 Å². The largest absolute Gasteiger partial charge is 2.00 e. The summed E-state index contributed by atoms with van der Waals surface area (Å²) in [6, 6.07) is 0. The molecule has 18 nitrogen and oxygen atoms in total. The van der Waals surface area contributed by atoms with Gasteiger partial charge in [0.2, 0.25) is 0 Å². The first kappa shape index (κ1) is 42.9. The molecule has 0 aliphatic rings. The van der Waals surface area contributed by atoms with Crippen LogP contribution in [0.5, 0.6) is 0 Å². The van der Waals surface area contributed by atoms with E-state index in [0.29, 0.717) is 0 Å². The molecular weight excluding hydrogens is 364 g/mol. The second-order valence-corrected chi connectivity index (χ2v) is 0.894. The van der Waals surface area contributed by atoms with E-state index in [2.05, 4.69) is 11.5 Å². The average Bonchev–Trinajstić information content (AvgIpc) is 2.19. The Balaban J connectivity index is -0.0000000227. The molecule has 0 atom stereocenters. The summed E-state index contributed by atoms with van der Waals surface area (Å²) in [4.78, 5) is 33.0. The first-order valence-corrected chi connectivity index (χ1v) is 3.61. The van der Waals surface area contributed by atoms with Gasteiger partial charge in [-0.25, -0.2) is 0 Å². The Morgan fingerprint density at radius 3 is 0.476 bits per heavy atom. The predicted molar refractivity (Wildman–Crippen MR) is 59.1 cm³/mol. The van der Waals surface area contributed by atoms with Gasteiger partial charge >= 0.3 is 17.1 Å². The van der Waals surface area contributed by atoms with Crippen LogP contribution in [-0.2, 0) is 17.1 Å². The van der Waals surface area contributed by atoms with Crippen LogP contribution in [0.1, 0.15) is 0 Å². The molecule has 0 aromatic carbocycles. The van der Waals surface area contributed by atoms with Crippen LogP contribution < -0.4 is 11.5 Å². The summed E-state index contributed by atoms with van der Waals surface area (Å²) in [6.45, 7) is 0. The minimum Gasteiger partial charge on any atom is -0.360 e. The van der Waals surface area contributed by atoms with Gasteiger partial charge in [0.15, 0.2) is 0 Å². The minimum atomic E-state index is -1.75. The van der Waals surface area contributed by atoms with Gasteiger partial charge in [0, 0.05) is 0 Å². The summed E-state index contributed by atoms with van der Waals surface area (Å²) in [5.41, 5.74) is 6.50. The Labute approximate surface area is 125 Å². The maximum atomic E-state index is 8.25. The van der Waals surface area contributed by atoms with Gasteiger partial charge in [-0.15, -0.1) is 0 Å². The smallest absolute Gasteiger partial charge is 0.360 e. The molecule has 19 heteroatoms. The SMILES string of the molecule is C[NH3+].C[NH3+].O=[N+]([O-])[O-].O=[N+]([O-])[O-].O=[N+]([O-])[O-].O=[N+]([O-])[O-].[Cu+2]. The van der Waals surface area contributed by atoms with Crippen LogP contribution >= 0.6 is 0 Å². The molecule has 0 spiro atoms. The molecule has 0 saturated carbocycles. The quantitative estimate of drug-likeness (QED) is 0.239. The molecule has 6 N–H and O–H groups in total. The molecule has 0 rings (SSSR count). The molecule has 0 unspecified atom stereocenters. The summed E-state index contributed by atoms with van der Waals surface area (Å²) in [5.74, 6) is 0. The van der Waals surface area contributed by atoms with Crippen LogP contribution in [0.3, 0.4) is 0 Å². The van der Waals surface area contributed by atoms with E-state index >= 15 is 0 Å². The van der Waals surface area contributed by atoms with Gasteiger partial charge < -0.3 is 72.8 Å². The number of hydrogen-bond donors (Lipinski definition) is 2. The Morgan fingerprint density at radius 1 is 0.476 bits per heavy atom. The Kier molecular flexibility index (Phi) is 109. The normalized spacial score (nSPS) is 5.14. The van der Waals surface area contributed by atoms with E-state index in [0.717, 1.165) is 0 Å². The number of hydrogen-bond acceptors (Lipinski definition) is 12. The average molecular weight is 376 g/mol. The molecule has 0 aromatic rings. The zero-order chi connectivity index (χ0) is 18.3. The van der Waals surface area contributed by atoms with E-state index < -0.39 is 20.3 Å². The van der Waals surface area contributed by atoms with E-state index in [9.17, 15) is 0 Å². The number of quaternary nitrogens is 2. The third-order valence-corrected chi connectivity index (χ3v) is 0. The summed E-state index contributed by atoms with van der Waals surface area (Å²) in [7, 11) is 3.50. The van der Waals surface area contributed by atoms with Crippen molar-refractivity contribution >= 4 is 0 Å². The van der Waals surface area contributed by atoms with Crippen molar-refractivity contribution < 1.29 is 48.9 Å². The summed E-state index contributed by atoms with van der Waals surface area (Å²) in [5, 5.41) is 59.0. The second kappa shape index (κ2) is 53.3. The molecular formula is C2H12CuN6O12. The van der Waals surface area contributed by atoms with Gasteiger partial charge in [-0.05, 0) is 0 Å². The first-order valence-electron chi connectivity index (χ1n) is 3.61. The molecule has 0 amide bonds. The molecule has 21 heavy (non-hydrogen) atoms. The van der Waals surface area contributed by atoms with Gasteiger partial charge in [-0.3, -0.25) is 0 Å². The summed E-state index contributed by atoms with van der Waals surface area (Å²) < 4.78 is 0. The van der Waals surface area contributed by atoms with Gasteiger partial charge in [0.25, 0.3) is 0 Å². The maximum Gasteiger partial charge on any atom is 2.00 e. The van der Waals surface area contributed by atoms with Crippen LogP contribution in [0.15, 0.2) is 0 Å². The Bertz CT molecular complexity index is 172. The van der Waals surface area contributed by atoms with E-state index in [-0.39, 0.29) is 17.1 Å². The molecule has 0 aliphatic heterocycles. The van der Waals surface area contributed by atoms with Gasteiger partial charge in [-0.1, -0.05) is 0 Å². The van der Waals surface area contributed by atoms with Crippen molar-refractivity contribution in [1.29, 1.82) is 0 Å². The monoisotopic (exact) mass is 375 g/mol. The third-order valence-electron chi connectivity index (χ3n) is 0. The third kappa shape index (κ3) is 525. The zero-order valence-corrected chi connectivity index (χ0v) is 11.3. The van der Waals surface area contributed by atoms with Gasteiger partial charge in [-0.2, -0.15) is 0 Å². The van der Waals surface area contributed by atoms with Crippen LogP contribution in [0.25, 0.3) is 0 Å². The zero-order valence-electron chi connectivity index (χ0n) is 10.4. The van der Waals surface area contributed by atoms with Gasteiger partial charge in [0.1, 0.15) is 0 Å². The van der Waals surface area contributed by atoms with Crippen LogP contribution in [0.2, 0.25) is 0 Å². The van der Waals surface area contributed by atoms with Crippen molar-refractivity contribution in [2.45, 2.75) is 0 Å². The Hall–Kier alpha value is -2.76. The fourth-order valence-electron chi connectivity index (χ4n) is 0. The standard InChI is InChI=1S/2CH5N.Cu.4NO3/c2*1-2;;4*2-1(3)4/h2*2H2,1H3;;;;;/q;;+2;4*-1/p+2. The molecule has 0 heterocycles. The van der Waals surface area contributed by atoms with Crippen molar-refractivity contribution in [2.75, 3.05) is 14.1 Å². The van der Waals surface area contributed by atoms with Crippen molar-refractivity contribution in [1.82, 2.24) is 0 Å². The predicted octanol–water partition coefficient (Wildman–Crippen LogP) is -3.24. The molecule has 133 valence electrons. The van der Waals surface area contributed by atoms with Crippen molar-refractivity contribution in [3.63, 3.8) is 0 Å². The summed E-state index contributed by atoms with van der Waals surface area (Å²) >= 11 is 0. The van der Waals surface area contributed by atoms with E-state index in [4.69, 9.17) is 61.3 Å². The number of nitrogens with zero attached hydrogens (tertiary/aromatic N) is 4. The van der Waals surface area contributed by atoms with Crippen LogP contribution in [-0.4, -0.2) is 34.4 Å². The van der Waals surface area contributed by atoms with Gasteiger partial charge in [0.05, 0.1) is 34.4 Å². The number of rotatable bonds is 0. The Morgan fingerprint density at radius 2 is 0.476 bits per heavy atom. The van der Waals surface area contributed by atoms with Crippen molar-refractivity contribution in [3.8, 4) is 0 Å². The van der Waals surface area contributed by atoms with Crippen LogP contribution in [0.4, 0.5) is 0 Å². The minimum absolute atomic E-state index is 0. The second-order valence-electron chi connectivity index (χ2n) is 0.894. The first-order chi connectivity index (χ1) is 8.93. The maximum absolute atomic E-state index is 8.25.